The topological polar surface area (TPSA) is 66.4 Å². The number of carbonyl (C=O) groups is 2. The maximum atomic E-state index is 12.4. The van der Waals surface area contributed by atoms with Crippen molar-refractivity contribution < 1.29 is 14.7 Å². The van der Waals surface area contributed by atoms with Crippen molar-refractivity contribution in [1.29, 1.82) is 0 Å². The molecule has 110 valence electrons. The lowest BCUT2D eigenvalue weighted by atomic mass is 9.98. The summed E-state index contributed by atoms with van der Waals surface area (Å²) in [6.45, 7) is 3.73. The van der Waals surface area contributed by atoms with Gasteiger partial charge >= 0.3 is 5.97 Å². The number of carbonyl (C=O) groups excluding carboxylic acids is 1. The number of rotatable bonds is 5. The van der Waals surface area contributed by atoms with Crippen molar-refractivity contribution in [2.24, 2.45) is 5.92 Å². The molecule has 2 rings (SSSR count). The molecule has 0 aliphatic carbocycles. The molecule has 4 heteroatoms. The molecule has 0 bridgehead atoms. The lowest BCUT2D eigenvalue weighted by Crippen LogP contribution is -2.45. The quantitative estimate of drug-likeness (QED) is 0.887. The zero-order valence-corrected chi connectivity index (χ0v) is 12.2. The molecule has 0 aliphatic rings. The summed E-state index contributed by atoms with van der Waals surface area (Å²) in [7, 11) is 0. The first kappa shape index (κ1) is 15.0. The van der Waals surface area contributed by atoms with Crippen LogP contribution in [0, 0.1) is 5.92 Å². The van der Waals surface area contributed by atoms with Crippen LogP contribution in [-0.2, 0) is 4.79 Å². The summed E-state index contributed by atoms with van der Waals surface area (Å²) >= 11 is 0. The van der Waals surface area contributed by atoms with Crippen LogP contribution in [0.1, 0.15) is 30.6 Å². The Kier molecular flexibility index (Phi) is 4.58. The number of aliphatic carboxylic acids is 1. The van der Waals surface area contributed by atoms with Gasteiger partial charge in [-0.05, 0) is 22.8 Å². The molecular formula is C17H19NO3. The molecule has 1 amide bonds. The number of carboxylic acids is 1. The molecule has 0 spiro atoms. The van der Waals surface area contributed by atoms with E-state index in [1.807, 2.05) is 44.2 Å². The second-order valence-corrected chi connectivity index (χ2v) is 5.20. The number of nitrogens with one attached hydrogen (secondary N) is 1. The first-order valence-electron chi connectivity index (χ1n) is 7.06. The molecule has 2 N–H and O–H groups in total. The largest absolute Gasteiger partial charge is 0.480 e. The summed E-state index contributed by atoms with van der Waals surface area (Å²) in [6.07, 6.45) is 0.687. The number of carboxylic acid groups (broad SMARTS) is 1. The Balaban J connectivity index is 2.32. The van der Waals surface area contributed by atoms with Crippen LogP contribution >= 0.6 is 0 Å². The van der Waals surface area contributed by atoms with Gasteiger partial charge in [-0.1, -0.05) is 56.7 Å². The normalized spacial score (nSPS) is 13.6. The van der Waals surface area contributed by atoms with E-state index in [9.17, 15) is 14.7 Å². The Morgan fingerprint density at radius 1 is 1.14 bits per heavy atom. The third-order valence-electron chi connectivity index (χ3n) is 3.80. The number of benzene rings is 2. The molecule has 2 aromatic carbocycles. The second kappa shape index (κ2) is 6.39. The van der Waals surface area contributed by atoms with Crippen molar-refractivity contribution in [3.8, 4) is 0 Å². The lowest BCUT2D eigenvalue weighted by Gasteiger charge is -2.20. The Bertz CT molecular complexity index is 661. The van der Waals surface area contributed by atoms with Crippen molar-refractivity contribution in [2.45, 2.75) is 26.3 Å². The summed E-state index contributed by atoms with van der Waals surface area (Å²) in [5, 5.41) is 13.7. The fourth-order valence-corrected chi connectivity index (χ4v) is 2.33. The van der Waals surface area contributed by atoms with Gasteiger partial charge in [-0.3, -0.25) is 4.79 Å². The highest BCUT2D eigenvalue weighted by molar-refractivity contribution is 6.07. The van der Waals surface area contributed by atoms with Crippen LogP contribution in [-0.4, -0.2) is 23.0 Å². The first-order valence-corrected chi connectivity index (χ1v) is 7.06. The van der Waals surface area contributed by atoms with Crippen LogP contribution in [0.15, 0.2) is 42.5 Å². The Morgan fingerprint density at radius 3 is 2.48 bits per heavy atom. The fraction of sp³-hybridized carbons (Fsp3) is 0.294. The SMILES string of the molecule is CC[C@H](C)[C@@H](NC(=O)c1cccc2ccccc12)C(=O)O. The standard InChI is InChI=1S/C17H19NO3/c1-3-11(2)15(17(20)21)18-16(19)14-10-6-8-12-7-4-5-9-13(12)14/h4-11,15H,3H2,1-2H3,(H,18,19)(H,20,21)/t11-,15+/m0/s1. The van der Waals surface area contributed by atoms with Crippen LogP contribution in [0.5, 0.6) is 0 Å². The van der Waals surface area contributed by atoms with Crippen LogP contribution in [0.2, 0.25) is 0 Å². The monoisotopic (exact) mass is 285 g/mol. The smallest absolute Gasteiger partial charge is 0.326 e. The predicted octanol–water partition coefficient (Wildman–Crippen LogP) is 3.07. The summed E-state index contributed by atoms with van der Waals surface area (Å²) in [5.74, 6) is -1.47. The highest BCUT2D eigenvalue weighted by Gasteiger charge is 2.26. The van der Waals surface area contributed by atoms with Crippen molar-refractivity contribution in [3.05, 3.63) is 48.0 Å². The van der Waals surface area contributed by atoms with Gasteiger partial charge in [0.25, 0.3) is 5.91 Å². The molecule has 0 fully saturated rings. The molecule has 4 nitrogen and oxygen atoms in total. The van der Waals surface area contributed by atoms with Crippen molar-refractivity contribution in [1.82, 2.24) is 5.32 Å². The van der Waals surface area contributed by atoms with E-state index >= 15 is 0 Å². The molecule has 2 atom stereocenters. The molecule has 0 unspecified atom stereocenters. The highest BCUT2D eigenvalue weighted by atomic mass is 16.4. The fourth-order valence-electron chi connectivity index (χ4n) is 2.33. The number of hydrogen-bond donors (Lipinski definition) is 2. The van der Waals surface area contributed by atoms with Gasteiger partial charge in [0.1, 0.15) is 6.04 Å². The Morgan fingerprint density at radius 2 is 1.81 bits per heavy atom. The molecule has 0 saturated carbocycles. The highest BCUT2D eigenvalue weighted by Crippen LogP contribution is 2.19. The van der Waals surface area contributed by atoms with Gasteiger partial charge in [-0.15, -0.1) is 0 Å². The van der Waals surface area contributed by atoms with Crippen LogP contribution in [0.3, 0.4) is 0 Å². The summed E-state index contributed by atoms with van der Waals surface area (Å²) in [4.78, 5) is 23.7. The maximum Gasteiger partial charge on any atom is 0.326 e. The average molecular weight is 285 g/mol. The molecular weight excluding hydrogens is 266 g/mol. The van der Waals surface area contributed by atoms with Crippen LogP contribution in [0.25, 0.3) is 10.8 Å². The average Bonchev–Trinajstić information content (AvgIpc) is 2.50. The van der Waals surface area contributed by atoms with Crippen molar-refractivity contribution in [3.63, 3.8) is 0 Å². The number of fused-ring (bicyclic) bond motifs is 1. The minimum atomic E-state index is -1.00. The molecule has 0 heterocycles. The molecule has 2 aromatic rings. The van der Waals surface area contributed by atoms with E-state index in [2.05, 4.69) is 5.32 Å². The molecule has 0 aliphatic heterocycles. The third kappa shape index (κ3) is 3.21. The van der Waals surface area contributed by atoms with Crippen LogP contribution < -0.4 is 5.32 Å². The molecule has 0 radical (unpaired) electrons. The minimum absolute atomic E-state index is 0.124. The first-order chi connectivity index (χ1) is 10.0. The van der Waals surface area contributed by atoms with E-state index in [0.29, 0.717) is 12.0 Å². The van der Waals surface area contributed by atoms with E-state index in [1.54, 1.807) is 12.1 Å². The number of hydrogen-bond acceptors (Lipinski definition) is 2. The van der Waals surface area contributed by atoms with E-state index in [1.165, 1.54) is 0 Å². The van der Waals surface area contributed by atoms with Gasteiger partial charge in [0.05, 0.1) is 0 Å². The van der Waals surface area contributed by atoms with E-state index in [0.717, 1.165) is 10.8 Å². The van der Waals surface area contributed by atoms with Gasteiger partial charge in [-0.2, -0.15) is 0 Å². The minimum Gasteiger partial charge on any atom is -0.480 e. The van der Waals surface area contributed by atoms with Crippen LogP contribution in [0.4, 0.5) is 0 Å². The summed E-state index contributed by atoms with van der Waals surface area (Å²) in [5.41, 5.74) is 0.502. The second-order valence-electron chi connectivity index (χ2n) is 5.20. The van der Waals surface area contributed by atoms with E-state index < -0.39 is 12.0 Å². The van der Waals surface area contributed by atoms with Gasteiger partial charge < -0.3 is 10.4 Å². The summed E-state index contributed by atoms with van der Waals surface area (Å²) < 4.78 is 0. The zero-order chi connectivity index (χ0) is 15.4. The third-order valence-corrected chi connectivity index (χ3v) is 3.80. The molecule has 0 aromatic heterocycles. The van der Waals surface area contributed by atoms with E-state index in [4.69, 9.17) is 0 Å². The Labute approximate surface area is 123 Å². The zero-order valence-electron chi connectivity index (χ0n) is 12.2. The van der Waals surface area contributed by atoms with Crippen molar-refractivity contribution >= 4 is 22.6 Å². The molecule has 21 heavy (non-hydrogen) atoms. The molecule has 0 saturated heterocycles. The van der Waals surface area contributed by atoms with Gasteiger partial charge in [0.2, 0.25) is 0 Å². The maximum absolute atomic E-state index is 12.4. The number of amides is 1. The van der Waals surface area contributed by atoms with Gasteiger partial charge in [0, 0.05) is 5.56 Å². The summed E-state index contributed by atoms with van der Waals surface area (Å²) in [6, 6.07) is 12.1. The predicted molar refractivity (Wildman–Crippen MR) is 82.3 cm³/mol. The van der Waals surface area contributed by atoms with Gasteiger partial charge in [-0.25, -0.2) is 4.79 Å². The Hall–Kier alpha value is -2.36. The van der Waals surface area contributed by atoms with Gasteiger partial charge in [0.15, 0.2) is 0 Å². The lowest BCUT2D eigenvalue weighted by molar-refractivity contribution is -0.140. The van der Waals surface area contributed by atoms with E-state index in [-0.39, 0.29) is 11.8 Å². The van der Waals surface area contributed by atoms with Crippen molar-refractivity contribution in [2.75, 3.05) is 0 Å².